The fraction of sp³-hybridized carbons (Fsp3) is 0.500. The summed E-state index contributed by atoms with van der Waals surface area (Å²) in [6.45, 7) is 2.49. The van der Waals surface area contributed by atoms with Gasteiger partial charge in [-0.05, 0) is 68.6 Å². The van der Waals surface area contributed by atoms with E-state index in [0.717, 1.165) is 10.2 Å². The van der Waals surface area contributed by atoms with Crippen molar-refractivity contribution in [1.29, 1.82) is 0 Å². The molecule has 226 valence electrons. The fourth-order valence-electron chi connectivity index (χ4n) is 5.91. The number of benzene rings is 2. The van der Waals surface area contributed by atoms with Crippen LogP contribution in [-0.2, 0) is 27.3 Å². The summed E-state index contributed by atoms with van der Waals surface area (Å²) in [5, 5.41) is 9.63. The Bertz CT molecular complexity index is 1270. The minimum Gasteiger partial charge on any atom is -0.395 e. The number of rotatable bonds is 8. The molecule has 3 amide bonds. The molecule has 2 aromatic rings. The zero-order chi connectivity index (χ0) is 31.1. The van der Waals surface area contributed by atoms with Crippen molar-refractivity contribution in [1.82, 2.24) is 9.57 Å². The second-order valence-corrected chi connectivity index (χ2v) is 12.4. The van der Waals surface area contributed by atoms with Crippen molar-refractivity contribution in [3.05, 3.63) is 70.8 Å². The van der Waals surface area contributed by atoms with Gasteiger partial charge in [0.15, 0.2) is 0 Å². The molecule has 2 fully saturated rings. The van der Waals surface area contributed by atoms with Crippen LogP contribution in [0.3, 0.4) is 0 Å². The number of β-amino-alcohol motifs (C(OH)–C–C–N with tert-alkyl or cyclic N) is 1. The standard InChI is InChI=1S/C28H30BF6N2O4P/c1-18(19-14-21(27(30,31)32)16-22(15-19)28(33,34)35)41-17-25(20-6-4-3-5-7-20)8-10-26(11-9-25)23(39)37(42(2)29)24(40)36(26)12-13-38/h3-7,14-16,18,38H,8-13,17H2,1-2H3. The number of hydrogen-bond donors (Lipinski definition) is 1. The monoisotopic (exact) mass is 614 g/mol. The molecule has 1 aliphatic heterocycles. The maximum absolute atomic E-state index is 13.5. The number of ether oxygens (including phenoxy) is 1. The quantitative estimate of drug-likeness (QED) is 0.161. The van der Waals surface area contributed by atoms with Gasteiger partial charge in [-0.3, -0.25) is 9.46 Å². The summed E-state index contributed by atoms with van der Waals surface area (Å²) in [6, 6.07) is 9.93. The smallest absolute Gasteiger partial charge is 0.395 e. The number of urea groups is 1. The number of imide groups is 1. The Balaban J connectivity index is 1.64. The molecule has 1 saturated heterocycles. The van der Waals surface area contributed by atoms with Crippen LogP contribution in [0.1, 0.15) is 61.0 Å². The highest BCUT2D eigenvalue weighted by molar-refractivity contribution is 7.80. The van der Waals surface area contributed by atoms with Gasteiger partial charge in [0, 0.05) is 12.0 Å². The van der Waals surface area contributed by atoms with E-state index in [0.29, 0.717) is 25.0 Å². The number of amides is 3. The summed E-state index contributed by atoms with van der Waals surface area (Å²) >= 11 is 0. The third-order valence-corrected chi connectivity index (χ3v) is 9.25. The Morgan fingerprint density at radius 1 is 0.976 bits per heavy atom. The van der Waals surface area contributed by atoms with Crippen LogP contribution in [-0.4, -0.2) is 66.1 Å². The maximum atomic E-state index is 13.5. The number of aliphatic hydroxyl groups excluding tert-OH is 1. The van der Waals surface area contributed by atoms with Crippen LogP contribution in [0.25, 0.3) is 0 Å². The van der Waals surface area contributed by atoms with E-state index in [1.807, 2.05) is 12.1 Å². The first-order valence-electron chi connectivity index (χ1n) is 13.3. The van der Waals surface area contributed by atoms with Crippen molar-refractivity contribution < 1.29 is 45.8 Å². The molecule has 2 unspecified atom stereocenters. The van der Waals surface area contributed by atoms with Gasteiger partial charge in [-0.15, -0.1) is 0 Å². The molecule has 1 spiro atoms. The van der Waals surface area contributed by atoms with Crippen LogP contribution in [0.4, 0.5) is 31.1 Å². The molecule has 0 bridgehead atoms. The average Bonchev–Trinajstić information content (AvgIpc) is 3.13. The van der Waals surface area contributed by atoms with Crippen LogP contribution < -0.4 is 0 Å². The number of carbonyl (C=O) groups excluding carboxylic acids is 2. The predicted octanol–water partition coefficient (Wildman–Crippen LogP) is 6.42. The van der Waals surface area contributed by atoms with Crippen molar-refractivity contribution in [2.45, 2.75) is 62.0 Å². The van der Waals surface area contributed by atoms with Gasteiger partial charge in [-0.2, -0.15) is 26.3 Å². The normalized spacial score (nSPS) is 24.9. The molecule has 0 aromatic heterocycles. The van der Waals surface area contributed by atoms with Gasteiger partial charge in [-0.25, -0.2) is 4.79 Å². The van der Waals surface area contributed by atoms with Gasteiger partial charge in [-0.1, -0.05) is 38.3 Å². The van der Waals surface area contributed by atoms with Gasteiger partial charge in [0.2, 0.25) is 0 Å². The number of carbonyl (C=O) groups is 2. The van der Waals surface area contributed by atoms with E-state index < -0.39 is 60.4 Å². The Morgan fingerprint density at radius 2 is 1.52 bits per heavy atom. The summed E-state index contributed by atoms with van der Waals surface area (Å²) < 4.78 is 87.7. The number of hydrogen-bond acceptors (Lipinski definition) is 4. The lowest BCUT2D eigenvalue weighted by atomic mass is 9.64. The van der Waals surface area contributed by atoms with Crippen molar-refractivity contribution in [2.24, 2.45) is 0 Å². The van der Waals surface area contributed by atoms with Crippen molar-refractivity contribution in [2.75, 3.05) is 26.4 Å². The highest BCUT2D eigenvalue weighted by atomic mass is 31.1. The Morgan fingerprint density at radius 3 is 2.00 bits per heavy atom. The van der Waals surface area contributed by atoms with Crippen LogP contribution in [0.2, 0.25) is 0 Å². The Kier molecular flexibility index (Phi) is 9.08. The average molecular weight is 614 g/mol. The molecular weight excluding hydrogens is 584 g/mol. The van der Waals surface area contributed by atoms with Gasteiger partial charge in [0.1, 0.15) is 13.1 Å². The van der Waals surface area contributed by atoms with E-state index >= 15 is 0 Å². The van der Waals surface area contributed by atoms with Gasteiger partial charge in [0.25, 0.3) is 5.91 Å². The minimum absolute atomic E-state index is 0.0604. The number of alkyl halides is 6. The molecule has 4 rings (SSSR count). The lowest BCUT2D eigenvalue weighted by Gasteiger charge is -2.47. The zero-order valence-electron chi connectivity index (χ0n) is 23.0. The van der Waals surface area contributed by atoms with E-state index in [2.05, 4.69) is 0 Å². The molecule has 14 heteroatoms. The van der Waals surface area contributed by atoms with E-state index in [9.17, 15) is 41.0 Å². The fourth-order valence-corrected chi connectivity index (χ4v) is 6.76. The third-order valence-electron chi connectivity index (χ3n) is 8.27. The van der Waals surface area contributed by atoms with Gasteiger partial charge in [0.05, 0.1) is 30.4 Å². The van der Waals surface area contributed by atoms with Crippen LogP contribution in [0, 0.1) is 0 Å². The summed E-state index contributed by atoms with van der Waals surface area (Å²) in [7, 11) is 4.41. The lowest BCUT2D eigenvalue weighted by molar-refractivity contribution is -0.143. The number of aliphatic hydroxyl groups is 1. The van der Waals surface area contributed by atoms with Gasteiger partial charge >= 0.3 is 18.4 Å². The zero-order valence-corrected chi connectivity index (χ0v) is 23.9. The van der Waals surface area contributed by atoms with E-state index in [-0.39, 0.29) is 44.2 Å². The summed E-state index contributed by atoms with van der Waals surface area (Å²) in [5.41, 5.74) is -4.26. The molecule has 2 aliphatic rings. The van der Waals surface area contributed by atoms with Crippen LogP contribution in [0.15, 0.2) is 48.5 Å². The van der Waals surface area contributed by atoms with E-state index in [1.165, 1.54) is 11.8 Å². The Labute approximate surface area is 242 Å². The molecule has 2 atom stereocenters. The van der Waals surface area contributed by atoms with E-state index in [1.54, 1.807) is 24.9 Å². The Hall–Kier alpha value is -2.63. The second kappa shape index (κ2) is 11.8. The number of nitrogens with zero attached hydrogens (tertiary/aromatic N) is 2. The lowest BCUT2D eigenvalue weighted by Crippen LogP contribution is -2.55. The molecule has 2 aromatic carbocycles. The first-order valence-corrected chi connectivity index (χ1v) is 15.1. The SMILES string of the molecule is [B]P(C)N1C(=O)N(CCO)C2(CCC(COC(C)c3cc(C(F)(F)F)cc(C(F)(F)F)c3)(c3ccccc3)CC2)C1=O. The van der Waals surface area contributed by atoms with Crippen LogP contribution >= 0.6 is 7.95 Å². The van der Waals surface area contributed by atoms with Crippen LogP contribution in [0.5, 0.6) is 0 Å². The first-order chi connectivity index (χ1) is 19.6. The first kappa shape index (κ1) is 32.3. The second-order valence-electron chi connectivity index (χ2n) is 10.8. The van der Waals surface area contributed by atoms with Crippen molar-refractivity contribution in [3.8, 4) is 0 Å². The summed E-state index contributed by atoms with van der Waals surface area (Å²) in [5.74, 6) is -0.434. The molecule has 42 heavy (non-hydrogen) atoms. The maximum Gasteiger partial charge on any atom is 0.416 e. The largest absolute Gasteiger partial charge is 0.416 e. The summed E-state index contributed by atoms with van der Waals surface area (Å²) in [6.07, 6.45) is -10.1. The van der Waals surface area contributed by atoms with E-state index in [4.69, 9.17) is 12.3 Å². The molecular formula is C28H30BF6N2O4P. The topological polar surface area (TPSA) is 70.1 Å². The van der Waals surface area contributed by atoms with Crippen molar-refractivity contribution in [3.63, 3.8) is 0 Å². The highest BCUT2D eigenvalue weighted by Crippen LogP contribution is 2.52. The molecule has 1 N–H and O–H groups in total. The van der Waals surface area contributed by atoms with Crippen molar-refractivity contribution >= 4 is 27.5 Å². The summed E-state index contributed by atoms with van der Waals surface area (Å²) in [4.78, 5) is 28.0. The molecule has 6 nitrogen and oxygen atoms in total. The highest BCUT2D eigenvalue weighted by Gasteiger charge is 2.60. The molecule has 1 heterocycles. The minimum atomic E-state index is -4.99. The molecule has 2 radical (unpaired) electrons. The van der Waals surface area contributed by atoms with Gasteiger partial charge < -0.3 is 14.7 Å². The molecule has 1 saturated carbocycles. The molecule has 1 aliphatic carbocycles. The predicted molar refractivity (Wildman–Crippen MR) is 145 cm³/mol. The number of halogens is 6. The third kappa shape index (κ3) is 6.05.